The number of thiophene rings is 1. The highest BCUT2D eigenvalue weighted by Gasteiger charge is 2.26. The molecular weight excluding hydrogens is 290 g/mol. The Kier molecular flexibility index (Phi) is 4.02. The fraction of sp³-hybridized carbons (Fsp3) is 0.500. The summed E-state index contributed by atoms with van der Waals surface area (Å²) in [5, 5.41) is 0. The van der Waals surface area contributed by atoms with E-state index in [0.29, 0.717) is 4.88 Å². The number of nitrogens with zero attached hydrogens (tertiary/aromatic N) is 1. The summed E-state index contributed by atoms with van der Waals surface area (Å²) in [4.78, 5) is 2.94. The molecule has 1 fully saturated rings. The van der Waals surface area contributed by atoms with Crippen molar-refractivity contribution in [2.75, 3.05) is 20.1 Å². The summed E-state index contributed by atoms with van der Waals surface area (Å²) in [6, 6.07) is 3.16. The van der Waals surface area contributed by atoms with E-state index in [9.17, 15) is 8.42 Å². The van der Waals surface area contributed by atoms with Crippen LogP contribution in [0.1, 0.15) is 11.3 Å². The third-order valence-electron chi connectivity index (χ3n) is 2.80. The van der Waals surface area contributed by atoms with E-state index in [1.54, 1.807) is 12.1 Å². The maximum atomic E-state index is 12.1. The van der Waals surface area contributed by atoms with Crippen molar-refractivity contribution in [2.45, 2.75) is 16.7 Å². The van der Waals surface area contributed by atoms with Crippen LogP contribution in [0.4, 0.5) is 0 Å². The molecule has 0 radical (unpaired) electrons. The number of thiocarbonyl (C=S) groups is 1. The van der Waals surface area contributed by atoms with E-state index in [1.165, 1.54) is 0 Å². The van der Waals surface area contributed by atoms with E-state index in [4.69, 9.17) is 18.0 Å². The van der Waals surface area contributed by atoms with Crippen molar-refractivity contribution in [3.8, 4) is 0 Å². The summed E-state index contributed by atoms with van der Waals surface area (Å²) in [5.74, 6) is 0. The smallest absolute Gasteiger partial charge is 0.250 e. The zero-order chi connectivity index (χ0) is 13.3. The number of hydrogen-bond acceptors (Lipinski definition) is 5. The van der Waals surface area contributed by atoms with Gasteiger partial charge >= 0.3 is 0 Å². The highest BCUT2D eigenvalue weighted by atomic mass is 32.2. The summed E-state index contributed by atoms with van der Waals surface area (Å²) in [5.41, 5.74) is 5.47. The van der Waals surface area contributed by atoms with Crippen molar-refractivity contribution >= 4 is 38.6 Å². The Hall–Kier alpha value is -0.540. The molecular formula is C10H15N3O2S3. The number of nitrogens with one attached hydrogen (secondary N) is 1. The van der Waals surface area contributed by atoms with Gasteiger partial charge in [-0.3, -0.25) is 0 Å². The molecule has 0 amide bonds. The van der Waals surface area contributed by atoms with Crippen LogP contribution in [0.5, 0.6) is 0 Å². The third-order valence-corrected chi connectivity index (χ3v) is 6.28. The molecule has 0 aromatic carbocycles. The maximum absolute atomic E-state index is 12.1. The van der Waals surface area contributed by atoms with E-state index < -0.39 is 10.0 Å². The molecule has 2 rings (SSSR count). The van der Waals surface area contributed by atoms with Crippen LogP contribution < -0.4 is 10.5 Å². The zero-order valence-corrected chi connectivity index (χ0v) is 12.4. The minimum atomic E-state index is -3.45. The number of likely N-dealkylation sites (N-methyl/N-ethyl adjacent to an activating group) is 1. The van der Waals surface area contributed by atoms with Gasteiger partial charge < -0.3 is 10.6 Å². The van der Waals surface area contributed by atoms with Gasteiger partial charge in [0.15, 0.2) is 0 Å². The SMILES string of the molecule is CN1CCC(NS(=O)(=O)c2ccc(C(N)=S)s2)C1. The normalized spacial score (nSPS) is 21.3. The molecule has 1 saturated heterocycles. The molecule has 1 aromatic rings. The topological polar surface area (TPSA) is 75.4 Å². The molecule has 1 unspecified atom stereocenters. The van der Waals surface area contributed by atoms with Crippen molar-refractivity contribution in [1.29, 1.82) is 0 Å². The highest BCUT2D eigenvalue weighted by Crippen LogP contribution is 2.22. The van der Waals surface area contributed by atoms with E-state index in [2.05, 4.69) is 9.62 Å². The van der Waals surface area contributed by atoms with Crippen LogP contribution >= 0.6 is 23.6 Å². The van der Waals surface area contributed by atoms with Gasteiger partial charge in [-0.2, -0.15) is 0 Å². The van der Waals surface area contributed by atoms with Crippen molar-refractivity contribution < 1.29 is 8.42 Å². The van der Waals surface area contributed by atoms with Gasteiger partial charge in [-0.1, -0.05) is 12.2 Å². The number of nitrogens with two attached hydrogens (primary N) is 1. The fourth-order valence-electron chi connectivity index (χ4n) is 1.91. The molecule has 0 aliphatic carbocycles. The lowest BCUT2D eigenvalue weighted by Crippen LogP contribution is -2.36. The second-order valence-corrected chi connectivity index (χ2v) is 7.82. The minimum absolute atomic E-state index is 0.0182. The Labute approximate surface area is 116 Å². The molecule has 1 aliphatic rings. The molecule has 1 aliphatic heterocycles. The third kappa shape index (κ3) is 3.07. The van der Waals surface area contributed by atoms with Gasteiger partial charge in [-0.25, -0.2) is 13.1 Å². The number of likely N-dealkylation sites (tertiary alicyclic amines) is 1. The van der Waals surface area contributed by atoms with Gasteiger partial charge in [0.1, 0.15) is 9.20 Å². The van der Waals surface area contributed by atoms with Crippen LogP contribution in [0, 0.1) is 0 Å². The molecule has 0 saturated carbocycles. The molecule has 0 bridgehead atoms. The predicted molar refractivity (Wildman–Crippen MR) is 76.4 cm³/mol. The largest absolute Gasteiger partial charge is 0.389 e. The van der Waals surface area contributed by atoms with Gasteiger partial charge in [-0.05, 0) is 32.1 Å². The molecule has 1 aromatic heterocycles. The maximum Gasteiger partial charge on any atom is 0.250 e. The predicted octanol–water partition coefficient (Wildman–Crippen LogP) is 0.365. The van der Waals surface area contributed by atoms with Crippen LogP contribution in [0.15, 0.2) is 16.3 Å². The average molecular weight is 305 g/mol. The molecule has 5 nitrogen and oxygen atoms in total. The zero-order valence-electron chi connectivity index (χ0n) is 9.92. The Balaban J connectivity index is 2.12. The molecule has 0 spiro atoms. The van der Waals surface area contributed by atoms with Crippen LogP contribution in [0.2, 0.25) is 0 Å². The van der Waals surface area contributed by atoms with Crippen LogP contribution in [-0.4, -0.2) is 44.5 Å². The van der Waals surface area contributed by atoms with Gasteiger partial charge in [-0.15, -0.1) is 11.3 Å². The first-order chi connectivity index (χ1) is 8.38. The summed E-state index contributed by atoms with van der Waals surface area (Å²) in [6.07, 6.45) is 0.837. The minimum Gasteiger partial charge on any atom is -0.389 e. The second kappa shape index (κ2) is 5.22. The molecule has 2 heterocycles. The summed E-state index contributed by atoms with van der Waals surface area (Å²) < 4.78 is 27.2. The quantitative estimate of drug-likeness (QED) is 0.786. The van der Waals surface area contributed by atoms with Gasteiger partial charge in [0.25, 0.3) is 0 Å². The van der Waals surface area contributed by atoms with Crippen molar-refractivity contribution in [2.24, 2.45) is 5.73 Å². The van der Waals surface area contributed by atoms with Crippen LogP contribution in [0.25, 0.3) is 0 Å². The van der Waals surface area contributed by atoms with Crippen molar-refractivity contribution in [3.05, 3.63) is 17.0 Å². The monoisotopic (exact) mass is 305 g/mol. The van der Waals surface area contributed by atoms with E-state index in [1.807, 2.05) is 7.05 Å². The van der Waals surface area contributed by atoms with Crippen molar-refractivity contribution in [3.63, 3.8) is 0 Å². The summed E-state index contributed by atoms with van der Waals surface area (Å²) in [7, 11) is -1.48. The Bertz CT molecular complexity index is 552. The number of sulfonamides is 1. The van der Waals surface area contributed by atoms with E-state index in [-0.39, 0.29) is 15.2 Å². The van der Waals surface area contributed by atoms with Gasteiger partial charge in [0.2, 0.25) is 10.0 Å². The molecule has 1 atom stereocenters. The lowest BCUT2D eigenvalue weighted by molar-refractivity contribution is 0.407. The Morgan fingerprint density at radius 1 is 1.61 bits per heavy atom. The first-order valence-electron chi connectivity index (χ1n) is 5.49. The standard InChI is InChI=1S/C10H15N3O2S3/c1-13-5-4-7(6-13)12-18(14,15)9-3-2-8(17-9)10(11)16/h2-3,7,12H,4-6H2,1H3,(H2,11,16). The van der Waals surface area contributed by atoms with Crippen molar-refractivity contribution in [1.82, 2.24) is 9.62 Å². The lowest BCUT2D eigenvalue weighted by Gasteiger charge is -2.12. The van der Waals surface area contributed by atoms with Gasteiger partial charge in [0.05, 0.1) is 4.88 Å². The number of rotatable bonds is 4. The first-order valence-corrected chi connectivity index (χ1v) is 8.20. The second-order valence-electron chi connectivity index (χ2n) is 4.35. The van der Waals surface area contributed by atoms with Crippen LogP contribution in [-0.2, 0) is 10.0 Å². The van der Waals surface area contributed by atoms with E-state index in [0.717, 1.165) is 30.8 Å². The lowest BCUT2D eigenvalue weighted by atomic mass is 10.3. The molecule has 3 N–H and O–H groups in total. The summed E-state index contributed by atoms with van der Waals surface area (Å²) >= 11 is 5.93. The molecule has 100 valence electrons. The first kappa shape index (κ1) is 13.9. The average Bonchev–Trinajstić information content (AvgIpc) is 2.86. The molecule has 8 heteroatoms. The molecule has 18 heavy (non-hydrogen) atoms. The highest BCUT2D eigenvalue weighted by molar-refractivity contribution is 7.91. The Morgan fingerprint density at radius 3 is 2.83 bits per heavy atom. The van der Waals surface area contributed by atoms with Crippen LogP contribution in [0.3, 0.4) is 0 Å². The van der Waals surface area contributed by atoms with Gasteiger partial charge in [0, 0.05) is 12.6 Å². The van der Waals surface area contributed by atoms with E-state index >= 15 is 0 Å². The summed E-state index contributed by atoms with van der Waals surface area (Å²) in [6.45, 7) is 1.66. The fourth-order valence-corrected chi connectivity index (χ4v) is 4.54. The Morgan fingerprint density at radius 2 is 2.33 bits per heavy atom. The number of hydrogen-bond donors (Lipinski definition) is 2.